The summed E-state index contributed by atoms with van der Waals surface area (Å²) in [4.78, 5) is 7.44. The molecule has 2 aliphatic rings. The Morgan fingerprint density at radius 3 is 2.87 bits per heavy atom. The van der Waals surface area contributed by atoms with Crippen molar-refractivity contribution in [2.45, 2.75) is 25.0 Å². The zero-order valence-corrected chi connectivity index (χ0v) is 9.89. The van der Waals surface area contributed by atoms with Crippen LogP contribution in [0.25, 0.3) is 0 Å². The highest BCUT2D eigenvalue weighted by Gasteiger charge is 2.51. The second-order valence-corrected chi connectivity index (χ2v) is 6.30. The van der Waals surface area contributed by atoms with E-state index >= 15 is 0 Å². The van der Waals surface area contributed by atoms with Crippen molar-refractivity contribution in [1.82, 2.24) is 9.88 Å². The summed E-state index contributed by atoms with van der Waals surface area (Å²) < 4.78 is 0.600. The van der Waals surface area contributed by atoms with E-state index in [1.165, 1.54) is 29.1 Å². The molecule has 5 heteroatoms. The number of hydrogen-bond donors (Lipinski definition) is 1. The number of rotatable bonds is 3. The molecule has 82 valence electrons. The number of nitrogens with zero attached hydrogens (tertiary/aromatic N) is 2. The summed E-state index contributed by atoms with van der Waals surface area (Å²) >= 11 is 7.28. The smallest absolute Gasteiger partial charge is 0.183 e. The molecule has 0 atom stereocenters. The Bertz CT molecular complexity index is 371. The van der Waals surface area contributed by atoms with E-state index in [2.05, 4.69) is 9.88 Å². The molecule has 1 aliphatic carbocycles. The lowest BCUT2D eigenvalue weighted by Crippen LogP contribution is -2.62. The first kappa shape index (κ1) is 10.0. The van der Waals surface area contributed by atoms with Crippen LogP contribution in [0.5, 0.6) is 0 Å². The number of thiazole rings is 1. The molecule has 0 radical (unpaired) electrons. The highest BCUT2D eigenvalue weighted by atomic mass is 35.5. The van der Waals surface area contributed by atoms with Gasteiger partial charge in [-0.1, -0.05) is 11.6 Å². The second kappa shape index (κ2) is 3.42. The SMILES string of the molecule is OC1(C2CC2)CN(Cc2cnc(Cl)s2)C1. The van der Waals surface area contributed by atoms with Crippen molar-refractivity contribution >= 4 is 22.9 Å². The predicted molar refractivity (Wildman–Crippen MR) is 60.1 cm³/mol. The van der Waals surface area contributed by atoms with Crippen LogP contribution in [0.3, 0.4) is 0 Å². The van der Waals surface area contributed by atoms with Crippen LogP contribution in [0, 0.1) is 5.92 Å². The molecule has 1 saturated carbocycles. The van der Waals surface area contributed by atoms with Crippen LogP contribution in [-0.2, 0) is 6.54 Å². The van der Waals surface area contributed by atoms with Gasteiger partial charge in [0.1, 0.15) is 0 Å². The number of likely N-dealkylation sites (tertiary alicyclic amines) is 1. The van der Waals surface area contributed by atoms with Gasteiger partial charge < -0.3 is 5.11 Å². The highest BCUT2D eigenvalue weighted by Crippen LogP contribution is 2.44. The van der Waals surface area contributed by atoms with Crippen LogP contribution < -0.4 is 0 Å². The van der Waals surface area contributed by atoms with Crippen molar-refractivity contribution in [3.8, 4) is 0 Å². The third-order valence-electron chi connectivity index (χ3n) is 3.24. The molecule has 1 aromatic rings. The Labute approximate surface area is 97.7 Å². The van der Waals surface area contributed by atoms with Crippen LogP contribution >= 0.6 is 22.9 Å². The summed E-state index contributed by atoms with van der Waals surface area (Å²) in [6.45, 7) is 2.50. The first-order valence-electron chi connectivity index (χ1n) is 5.21. The molecular formula is C10H13ClN2OS. The molecule has 3 nitrogen and oxygen atoms in total. The van der Waals surface area contributed by atoms with Crippen LogP contribution in [0.2, 0.25) is 4.47 Å². The first-order chi connectivity index (χ1) is 7.16. The monoisotopic (exact) mass is 244 g/mol. The number of aromatic nitrogens is 1. The van der Waals surface area contributed by atoms with Gasteiger partial charge >= 0.3 is 0 Å². The minimum absolute atomic E-state index is 0.380. The molecule has 1 saturated heterocycles. The molecule has 1 aliphatic heterocycles. The van der Waals surface area contributed by atoms with E-state index in [0.717, 1.165) is 19.6 Å². The van der Waals surface area contributed by atoms with Crippen molar-refractivity contribution < 1.29 is 5.11 Å². The maximum absolute atomic E-state index is 10.1. The molecule has 2 fully saturated rings. The number of β-amino-alcohol motifs (C(OH)–C–C–N with tert-alkyl or cyclic N) is 1. The molecule has 0 aromatic carbocycles. The molecule has 2 heterocycles. The summed E-state index contributed by atoms with van der Waals surface area (Å²) in [5.41, 5.74) is -0.380. The average Bonchev–Trinajstić information content (AvgIpc) is 2.90. The zero-order chi connectivity index (χ0) is 10.5. The molecule has 0 bridgehead atoms. The Kier molecular flexibility index (Phi) is 2.28. The van der Waals surface area contributed by atoms with Crippen LogP contribution in [0.15, 0.2) is 6.20 Å². The van der Waals surface area contributed by atoms with E-state index in [-0.39, 0.29) is 5.60 Å². The lowest BCUT2D eigenvalue weighted by molar-refractivity contribution is -0.116. The van der Waals surface area contributed by atoms with Gasteiger partial charge in [0, 0.05) is 30.7 Å². The average molecular weight is 245 g/mol. The van der Waals surface area contributed by atoms with Gasteiger partial charge in [0.25, 0.3) is 0 Å². The van der Waals surface area contributed by atoms with Crippen molar-refractivity contribution in [1.29, 1.82) is 0 Å². The molecule has 0 spiro atoms. The Morgan fingerprint density at radius 1 is 1.60 bits per heavy atom. The van der Waals surface area contributed by atoms with Gasteiger partial charge in [-0.15, -0.1) is 11.3 Å². The summed E-state index contributed by atoms with van der Waals surface area (Å²) in [7, 11) is 0. The van der Waals surface area contributed by atoms with Crippen molar-refractivity contribution in [2.24, 2.45) is 5.92 Å². The van der Waals surface area contributed by atoms with Crippen LogP contribution in [0.4, 0.5) is 0 Å². The fourth-order valence-electron chi connectivity index (χ4n) is 2.30. The minimum Gasteiger partial charge on any atom is -0.387 e. The van der Waals surface area contributed by atoms with Crippen molar-refractivity contribution in [3.63, 3.8) is 0 Å². The molecule has 15 heavy (non-hydrogen) atoms. The number of aliphatic hydroxyl groups is 1. The van der Waals surface area contributed by atoms with Gasteiger partial charge in [-0.2, -0.15) is 0 Å². The molecular weight excluding hydrogens is 232 g/mol. The fourth-order valence-corrected chi connectivity index (χ4v) is 3.32. The normalized spacial score (nSPS) is 25.2. The summed E-state index contributed by atoms with van der Waals surface area (Å²) in [6.07, 6.45) is 4.23. The van der Waals surface area contributed by atoms with Gasteiger partial charge in [-0.05, 0) is 18.8 Å². The molecule has 0 amide bonds. The minimum atomic E-state index is -0.380. The number of halogens is 1. The van der Waals surface area contributed by atoms with E-state index < -0.39 is 0 Å². The second-order valence-electron chi connectivity index (χ2n) is 4.60. The Hall–Kier alpha value is -0.160. The maximum atomic E-state index is 10.1. The van der Waals surface area contributed by atoms with E-state index in [0.29, 0.717) is 10.4 Å². The van der Waals surface area contributed by atoms with Gasteiger partial charge in [-0.25, -0.2) is 4.98 Å². The van der Waals surface area contributed by atoms with Crippen molar-refractivity contribution in [3.05, 3.63) is 15.5 Å². The molecule has 3 rings (SSSR count). The van der Waals surface area contributed by atoms with E-state index in [4.69, 9.17) is 11.6 Å². The maximum Gasteiger partial charge on any atom is 0.183 e. The number of hydrogen-bond acceptors (Lipinski definition) is 4. The third kappa shape index (κ3) is 1.91. The first-order valence-corrected chi connectivity index (χ1v) is 6.40. The van der Waals surface area contributed by atoms with E-state index in [9.17, 15) is 5.11 Å². The fraction of sp³-hybridized carbons (Fsp3) is 0.700. The lowest BCUT2D eigenvalue weighted by Gasteiger charge is -2.46. The Balaban J connectivity index is 1.55. The van der Waals surface area contributed by atoms with Crippen LogP contribution in [0.1, 0.15) is 17.7 Å². The summed E-state index contributed by atoms with van der Waals surface area (Å²) in [5, 5.41) is 10.1. The predicted octanol–water partition coefficient (Wildman–Crippen LogP) is 1.75. The zero-order valence-electron chi connectivity index (χ0n) is 8.32. The van der Waals surface area contributed by atoms with E-state index in [1.807, 2.05) is 6.20 Å². The van der Waals surface area contributed by atoms with Gasteiger partial charge in [0.05, 0.1) is 5.60 Å². The van der Waals surface area contributed by atoms with Crippen LogP contribution in [-0.4, -0.2) is 33.7 Å². The summed E-state index contributed by atoms with van der Waals surface area (Å²) in [5.74, 6) is 0.568. The van der Waals surface area contributed by atoms with E-state index in [1.54, 1.807) is 0 Å². The topological polar surface area (TPSA) is 36.4 Å². The van der Waals surface area contributed by atoms with Gasteiger partial charge in [0.15, 0.2) is 4.47 Å². The standard InChI is InChI=1S/C10H13ClN2OS/c11-9-12-3-8(15-9)4-13-5-10(14,6-13)7-1-2-7/h3,7,14H,1-2,4-6H2. The highest BCUT2D eigenvalue weighted by molar-refractivity contribution is 7.15. The molecule has 1 N–H and O–H groups in total. The van der Waals surface area contributed by atoms with Gasteiger partial charge in [0.2, 0.25) is 0 Å². The third-order valence-corrected chi connectivity index (χ3v) is 4.34. The largest absolute Gasteiger partial charge is 0.387 e. The lowest BCUT2D eigenvalue weighted by atomic mass is 9.89. The van der Waals surface area contributed by atoms with Crippen molar-refractivity contribution in [2.75, 3.05) is 13.1 Å². The Morgan fingerprint density at radius 2 is 2.33 bits per heavy atom. The molecule has 1 aromatic heterocycles. The summed E-state index contributed by atoms with van der Waals surface area (Å²) in [6, 6.07) is 0. The van der Waals surface area contributed by atoms with Gasteiger partial charge in [-0.3, -0.25) is 4.90 Å². The molecule has 0 unspecified atom stereocenters. The quantitative estimate of drug-likeness (QED) is 0.880.